The molecule has 11 heteroatoms. The summed E-state index contributed by atoms with van der Waals surface area (Å²) in [6, 6.07) is 23.3. The van der Waals surface area contributed by atoms with Crippen molar-refractivity contribution in [3.05, 3.63) is 116 Å². The van der Waals surface area contributed by atoms with Crippen molar-refractivity contribution in [1.82, 2.24) is 5.32 Å². The Morgan fingerprint density at radius 3 is 2.39 bits per heavy atom. The third-order valence-corrected chi connectivity index (χ3v) is 11.9. The number of hydrogen-bond acceptors (Lipinski definition) is 7. The predicted octanol–water partition coefficient (Wildman–Crippen LogP) is 9.37. The molecule has 3 amide bonds. The highest BCUT2D eigenvalue weighted by Crippen LogP contribution is 2.45. The van der Waals surface area contributed by atoms with E-state index in [-0.39, 0.29) is 17.0 Å². The minimum absolute atomic E-state index is 0.0731. The van der Waals surface area contributed by atoms with Gasteiger partial charge in [0.05, 0.1) is 17.9 Å². The second-order valence-corrected chi connectivity index (χ2v) is 16.7. The molecule has 0 spiro atoms. The van der Waals surface area contributed by atoms with Gasteiger partial charge in [0.15, 0.2) is 0 Å². The highest BCUT2D eigenvalue weighted by Gasteiger charge is 2.35. The van der Waals surface area contributed by atoms with Crippen molar-refractivity contribution < 1.29 is 23.9 Å². The first-order chi connectivity index (χ1) is 24.4. The summed E-state index contributed by atoms with van der Waals surface area (Å²) < 4.78 is 6.04. The first kappa shape index (κ1) is 38.1. The number of thiophene rings is 1. The molecule has 1 aliphatic rings. The smallest absolute Gasteiger partial charge is 0.341 e. The van der Waals surface area contributed by atoms with Crippen LogP contribution < -0.4 is 16.0 Å². The molecule has 0 bridgehead atoms. The zero-order chi connectivity index (χ0) is 36.7. The molecular formula is C40H42BrN3O5S2. The van der Waals surface area contributed by atoms with Crippen LogP contribution in [0.2, 0.25) is 0 Å². The van der Waals surface area contributed by atoms with E-state index in [2.05, 4.69) is 52.7 Å². The molecule has 0 saturated heterocycles. The topological polar surface area (TPSA) is 114 Å². The van der Waals surface area contributed by atoms with Gasteiger partial charge in [0.1, 0.15) is 10.7 Å². The molecule has 1 heterocycles. The zero-order valence-electron chi connectivity index (χ0n) is 29.3. The van der Waals surface area contributed by atoms with Crippen LogP contribution in [0.25, 0.3) is 6.08 Å². The summed E-state index contributed by atoms with van der Waals surface area (Å²) in [6.45, 7) is 8.67. The molecule has 266 valence electrons. The third kappa shape index (κ3) is 9.78. The molecule has 1 aromatic heterocycles. The number of thioether (sulfide) groups is 1. The lowest BCUT2D eigenvalue weighted by atomic mass is 9.72. The van der Waals surface area contributed by atoms with E-state index in [1.54, 1.807) is 48.5 Å². The summed E-state index contributed by atoms with van der Waals surface area (Å²) in [5.74, 6) is -1.08. The zero-order valence-corrected chi connectivity index (χ0v) is 32.5. The molecule has 2 atom stereocenters. The van der Waals surface area contributed by atoms with Crippen LogP contribution >= 0.6 is 39.0 Å². The van der Waals surface area contributed by atoms with Crippen LogP contribution in [0.1, 0.15) is 77.3 Å². The fraction of sp³-hybridized carbons (Fsp3) is 0.300. The van der Waals surface area contributed by atoms with Crippen LogP contribution in [0.3, 0.4) is 0 Å². The Bertz CT molecular complexity index is 1930. The Hall–Kier alpha value is -4.19. The molecule has 3 N–H and O–H groups in total. The maximum absolute atomic E-state index is 13.7. The van der Waals surface area contributed by atoms with E-state index in [9.17, 15) is 19.2 Å². The fourth-order valence-electron chi connectivity index (χ4n) is 5.92. The second-order valence-electron chi connectivity index (χ2n) is 13.4. The van der Waals surface area contributed by atoms with Crippen LogP contribution in [-0.4, -0.2) is 36.1 Å². The van der Waals surface area contributed by atoms with Gasteiger partial charge >= 0.3 is 5.97 Å². The van der Waals surface area contributed by atoms with Gasteiger partial charge in [0, 0.05) is 25.5 Å². The molecule has 1 aliphatic carbocycles. The summed E-state index contributed by atoms with van der Waals surface area (Å²) >= 11 is 6.28. The Kier molecular flexibility index (Phi) is 12.6. The van der Waals surface area contributed by atoms with Crippen LogP contribution in [0.15, 0.2) is 93.9 Å². The van der Waals surface area contributed by atoms with Gasteiger partial charge in [0.25, 0.3) is 11.8 Å². The lowest BCUT2D eigenvalue weighted by Crippen LogP contribution is -2.30. The summed E-state index contributed by atoms with van der Waals surface area (Å²) in [5.41, 5.74) is 3.32. The number of rotatable bonds is 11. The summed E-state index contributed by atoms with van der Waals surface area (Å²) in [7, 11) is 1.37. The van der Waals surface area contributed by atoms with E-state index >= 15 is 0 Å². The normalized spacial score (nSPS) is 14.9. The number of fused-ring (bicyclic) bond motifs is 1. The van der Waals surface area contributed by atoms with Gasteiger partial charge < -0.3 is 20.7 Å². The van der Waals surface area contributed by atoms with Gasteiger partial charge in [-0.15, -0.1) is 23.1 Å². The number of amides is 3. The number of ether oxygens (including phenoxy) is 1. The van der Waals surface area contributed by atoms with Gasteiger partial charge in [-0.25, -0.2) is 4.79 Å². The number of carbonyl (C=O) groups is 4. The van der Waals surface area contributed by atoms with E-state index < -0.39 is 23.0 Å². The van der Waals surface area contributed by atoms with E-state index in [0.29, 0.717) is 34.2 Å². The first-order valence-electron chi connectivity index (χ1n) is 16.8. The van der Waals surface area contributed by atoms with E-state index in [4.69, 9.17) is 4.74 Å². The van der Waals surface area contributed by atoms with Crippen LogP contribution in [0, 0.1) is 11.3 Å². The summed E-state index contributed by atoms with van der Waals surface area (Å²) in [4.78, 5) is 55.2. The molecule has 3 aromatic carbocycles. The molecular weight excluding hydrogens is 746 g/mol. The molecule has 0 fully saturated rings. The van der Waals surface area contributed by atoms with Gasteiger partial charge in [0.2, 0.25) is 5.91 Å². The summed E-state index contributed by atoms with van der Waals surface area (Å²) in [6.07, 6.45) is 4.76. The highest BCUT2D eigenvalue weighted by atomic mass is 79.9. The molecule has 2 unspecified atom stereocenters. The highest BCUT2D eigenvalue weighted by molar-refractivity contribution is 9.10. The molecule has 0 aliphatic heterocycles. The van der Waals surface area contributed by atoms with Crippen molar-refractivity contribution in [2.24, 2.45) is 11.3 Å². The number of halogens is 1. The predicted molar refractivity (Wildman–Crippen MR) is 210 cm³/mol. The number of esters is 1. The minimum atomic E-state index is -0.500. The number of methoxy groups -OCH3 is 1. The average Bonchev–Trinajstić information content (AvgIpc) is 3.48. The number of hydrogen-bond donors (Lipinski definition) is 3. The van der Waals surface area contributed by atoms with Gasteiger partial charge in [-0.05, 0) is 96.7 Å². The van der Waals surface area contributed by atoms with Crippen molar-refractivity contribution in [3.8, 4) is 0 Å². The lowest BCUT2D eigenvalue weighted by molar-refractivity contribution is -0.116. The maximum atomic E-state index is 13.7. The Morgan fingerprint density at radius 2 is 1.73 bits per heavy atom. The summed E-state index contributed by atoms with van der Waals surface area (Å²) in [5, 5.41) is 8.80. The quantitative estimate of drug-likeness (QED) is 0.0794. The van der Waals surface area contributed by atoms with E-state index in [0.717, 1.165) is 44.6 Å². The molecule has 5 rings (SSSR count). The van der Waals surface area contributed by atoms with Crippen molar-refractivity contribution in [1.29, 1.82) is 0 Å². The van der Waals surface area contributed by atoms with E-state index in [1.165, 1.54) is 30.2 Å². The molecule has 51 heavy (non-hydrogen) atoms. The minimum Gasteiger partial charge on any atom is -0.465 e. The maximum Gasteiger partial charge on any atom is 0.341 e. The van der Waals surface area contributed by atoms with Crippen LogP contribution in [0.5, 0.6) is 0 Å². The molecule has 0 radical (unpaired) electrons. The third-order valence-electron chi connectivity index (χ3n) is 8.86. The lowest BCUT2D eigenvalue weighted by Gasteiger charge is -2.33. The number of benzene rings is 3. The number of nitrogens with one attached hydrogen (secondary N) is 3. The monoisotopic (exact) mass is 787 g/mol. The Labute approximate surface area is 316 Å². The molecule has 4 aromatic rings. The average molecular weight is 789 g/mol. The SMILES string of the molecule is CCC(Sc1cccc(NC(=O)/C(=C/c2ccc(Br)cc2)NC(=O)c2ccccc2)c1)C(=O)Nc1sc2c(c1C(=O)OC)CCC(C(C)(C)C)C2. The Morgan fingerprint density at radius 1 is 1.00 bits per heavy atom. The van der Waals surface area contributed by atoms with Crippen LogP contribution in [0.4, 0.5) is 10.7 Å². The van der Waals surface area contributed by atoms with Crippen molar-refractivity contribution >= 4 is 79.5 Å². The standard InChI is InChI=1S/C40H42BrN3O5S2/c1-6-32(37(47)44-38-34(39(48)49-5)30-20-17-26(40(2,3)4)22-33(30)51-38)50-29-14-10-13-28(23-29)42-36(46)31(21-24-15-18-27(41)19-16-24)43-35(45)25-11-8-7-9-12-25/h7-16,18-19,21,23,26,32H,6,17,20,22H2,1-5H3,(H,42,46)(H,43,45)(H,44,47)/b31-21-. The van der Waals surface area contributed by atoms with Crippen molar-refractivity contribution in [3.63, 3.8) is 0 Å². The Balaban J connectivity index is 1.32. The second kappa shape index (κ2) is 16.9. The largest absolute Gasteiger partial charge is 0.465 e. The van der Waals surface area contributed by atoms with Crippen molar-refractivity contribution in [2.45, 2.75) is 63.5 Å². The van der Waals surface area contributed by atoms with Crippen LogP contribution in [-0.2, 0) is 27.2 Å². The fourth-order valence-corrected chi connectivity index (χ4v) is 8.52. The van der Waals surface area contributed by atoms with Gasteiger partial charge in [-0.3, -0.25) is 14.4 Å². The number of anilines is 2. The first-order valence-corrected chi connectivity index (χ1v) is 19.3. The van der Waals surface area contributed by atoms with E-state index in [1.807, 2.05) is 43.3 Å². The molecule has 8 nitrogen and oxygen atoms in total. The molecule has 0 saturated carbocycles. The number of carbonyl (C=O) groups excluding carboxylic acids is 4. The van der Waals surface area contributed by atoms with Gasteiger partial charge in [-0.2, -0.15) is 0 Å². The van der Waals surface area contributed by atoms with Crippen molar-refractivity contribution in [2.75, 3.05) is 17.7 Å². The van der Waals surface area contributed by atoms with Gasteiger partial charge in [-0.1, -0.05) is 80.0 Å².